The molecule has 0 atom stereocenters. The maximum atomic E-state index is 11.4. The van der Waals surface area contributed by atoms with Crippen LogP contribution in [0.25, 0.3) is 11.0 Å². The van der Waals surface area contributed by atoms with E-state index >= 15 is 0 Å². The van der Waals surface area contributed by atoms with E-state index in [-0.39, 0.29) is 5.91 Å². The summed E-state index contributed by atoms with van der Waals surface area (Å²) in [7, 11) is 1.53. The highest BCUT2D eigenvalue weighted by atomic mass is 16.2. The Morgan fingerprint density at radius 1 is 1.35 bits per heavy atom. The van der Waals surface area contributed by atoms with Gasteiger partial charge >= 0.3 is 11.1 Å². The number of aromatic amines is 1. The third kappa shape index (κ3) is 1.96. The van der Waals surface area contributed by atoms with Crippen LogP contribution in [0.5, 0.6) is 0 Å². The van der Waals surface area contributed by atoms with Crippen LogP contribution in [0.2, 0.25) is 0 Å². The lowest BCUT2D eigenvalue weighted by Crippen LogP contribution is -2.34. The van der Waals surface area contributed by atoms with Crippen molar-refractivity contribution in [2.75, 3.05) is 5.32 Å². The first-order valence-electron chi connectivity index (χ1n) is 4.99. The SMILES string of the molecule is CC(=O)Nc1ccc2c(c1)[nH]c(=O)c(=O)n2C. The Balaban J connectivity index is 2.71. The van der Waals surface area contributed by atoms with Crippen molar-refractivity contribution in [3.8, 4) is 0 Å². The summed E-state index contributed by atoms with van der Waals surface area (Å²) < 4.78 is 1.27. The van der Waals surface area contributed by atoms with Gasteiger partial charge in [0, 0.05) is 19.7 Å². The molecule has 1 heterocycles. The van der Waals surface area contributed by atoms with Crippen molar-refractivity contribution < 1.29 is 4.79 Å². The predicted octanol–water partition coefficient (Wildman–Crippen LogP) is 0.185. The Bertz CT molecular complexity index is 712. The van der Waals surface area contributed by atoms with Gasteiger partial charge in [-0.15, -0.1) is 0 Å². The van der Waals surface area contributed by atoms with Crippen LogP contribution in [0.4, 0.5) is 5.69 Å². The second-order valence-electron chi connectivity index (χ2n) is 3.73. The van der Waals surface area contributed by atoms with E-state index < -0.39 is 11.1 Å². The van der Waals surface area contributed by atoms with E-state index in [9.17, 15) is 14.4 Å². The van der Waals surface area contributed by atoms with Crippen molar-refractivity contribution in [3.63, 3.8) is 0 Å². The standard InChI is InChI=1S/C11H11N3O3/c1-6(15)12-7-3-4-9-8(5-7)13-10(16)11(17)14(9)2/h3-5H,1-2H3,(H,12,15)(H,13,16). The van der Waals surface area contributed by atoms with Gasteiger partial charge in [-0.1, -0.05) is 0 Å². The number of hydrogen-bond donors (Lipinski definition) is 2. The van der Waals surface area contributed by atoms with Gasteiger partial charge in [-0.25, -0.2) is 0 Å². The van der Waals surface area contributed by atoms with Gasteiger partial charge in [0.25, 0.3) is 0 Å². The minimum atomic E-state index is -0.681. The fourth-order valence-electron chi connectivity index (χ4n) is 1.65. The van der Waals surface area contributed by atoms with Crippen LogP contribution in [0.3, 0.4) is 0 Å². The molecule has 6 heteroatoms. The zero-order valence-electron chi connectivity index (χ0n) is 9.40. The predicted molar refractivity (Wildman–Crippen MR) is 64.1 cm³/mol. The zero-order valence-corrected chi connectivity index (χ0v) is 9.40. The number of nitrogens with zero attached hydrogens (tertiary/aromatic N) is 1. The molecule has 17 heavy (non-hydrogen) atoms. The van der Waals surface area contributed by atoms with Crippen molar-refractivity contribution in [1.82, 2.24) is 9.55 Å². The Morgan fingerprint density at radius 2 is 2.06 bits per heavy atom. The molecule has 0 bridgehead atoms. The minimum absolute atomic E-state index is 0.198. The van der Waals surface area contributed by atoms with E-state index in [4.69, 9.17) is 0 Å². The first-order chi connectivity index (χ1) is 7.99. The molecular formula is C11H11N3O3. The van der Waals surface area contributed by atoms with Gasteiger partial charge in [0.15, 0.2) is 0 Å². The molecule has 1 amide bonds. The number of anilines is 1. The Hall–Kier alpha value is -2.37. The summed E-state index contributed by atoms with van der Waals surface area (Å²) in [4.78, 5) is 36.1. The van der Waals surface area contributed by atoms with Gasteiger partial charge in [0.2, 0.25) is 5.91 Å². The second kappa shape index (κ2) is 3.89. The third-order valence-corrected chi connectivity index (χ3v) is 2.43. The van der Waals surface area contributed by atoms with Crippen molar-refractivity contribution >= 4 is 22.6 Å². The van der Waals surface area contributed by atoms with Crippen LogP contribution in [0, 0.1) is 0 Å². The molecular weight excluding hydrogens is 222 g/mol. The van der Waals surface area contributed by atoms with Gasteiger partial charge in [0.1, 0.15) is 0 Å². The number of nitrogens with one attached hydrogen (secondary N) is 2. The smallest absolute Gasteiger partial charge is 0.316 e. The molecule has 1 aromatic heterocycles. The summed E-state index contributed by atoms with van der Waals surface area (Å²) in [5.74, 6) is -0.198. The number of H-pyrrole nitrogens is 1. The lowest BCUT2D eigenvalue weighted by Gasteiger charge is -2.06. The molecule has 0 saturated carbocycles. The Kier molecular flexibility index (Phi) is 2.55. The maximum Gasteiger partial charge on any atom is 0.316 e. The van der Waals surface area contributed by atoms with Crippen LogP contribution in [-0.4, -0.2) is 15.5 Å². The fourth-order valence-corrected chi connectivity index (χ4v) is 1.65. The molecule has 2 N–H and O–H groups in total. The number of fused-ring (bicyclic) bond motifs is 1. The molecule has 0 saturated heterocycles. The highest BCUT2D eigenvalue weighted by molar-refractivity contribution is 5.91. The average molecular weight is 233 g/mol. The van der Waals surface area contributed by atoms with Crippen LogP contribution >= 0.6 is 0 Å². The average Bonchev–Trinajstić information content (AvgIpc) is 2.25. The number of aromatic nitrogens is 2. The number of rotatable bonds is 1. The van der Waals surface area contributed by atoms with Gasteiger partial charge in [-0.3, -0.25) is 14.4 Å². The third-order valence-electron chi connectivity index (χ3n) is 2.43. The monoisotopic (exact) mass is 233 g/mol. The van der Waals surface area contributed by atoms with E-state index in [1.807, 2.05) is 0 Å². The molecule has 2 aromatic rings. The molecule has 2 rings (SSSR count). The molecule has 0 radical (unpaired) electrons. The van der Waals surface area contributed by atoms with E-state index in [1.54, 1.807) is 18.2 Å². The normalized spacial score (nSPS) is 10.5. The fraction of sp³-hybridized carbons (Fsp3) is 0.182. The number of carbonyl (C=O) groups excluding carboxylic acids is 1. The lowest BCUT2D eigenvalue weighted by molar-refractivity contribution is -0.114. The summed E-state index contributed by atoms with van der Waals surface area (Å²) in [6.07, 6.45) is 0. The number of aryl methyl sites for hydroxylation is 1. The van der Waals surface area contributed by atoms with E-state index in [0.29, 0.717) is 16.7 Å². The van der Waals surface area contributed by atoms with Crippen molar-refractivity contribution in [3.05, 3.63) is 38.9 Å². The van der Waals surface area contributed by atoms with Crippen molar-refractivity contribution in [2.45, 2.75) is 6.92 Å². The second-order valence-corrected chi connectivity index (χ2v) is 3.73. The molecule has 0 unspecified atom stereocenters. The van der Waals surface area contributed by atoms with E-state index in [0.717, 1.165) is 0 Å². The first kappa shape index (κ1) is 11.1. The molecule has 6 nitrogen and oxygen atoms in total. The molecule has 0 fully saturated rings. The molecule has 0 aliphatic rings. The molecule has 1 aromatic carbocycles. The first-order valence-corrected chi connectivity index (χ1v) is 4.99. The zero-order chi connectivity index (χ0) is 12.6. The number of benzene rings is 1. The quantitative estimate of drug-likeness (QED) is 0.689. The van der Waals surface area contributed by atoms with Crippen LogP contribution in [0.1, 0.15) is 6.92 Å². The summed E-state index contributed by atoms with van der Waals surface area (Å²) in [6.45, 7) is 1.40. The summed E-state index contributed by atoms with van der Waals surface area (Å²) in [6, 6.07) is 4.94. The van der Waals surface area contributed by atoms with Gasteiger partial charge in [-0.2, -0.15) is 0 Å². The maximum absolute atomic E-state index is 11.4. The number of amides is 1. The van der Waals surface area contributed by atoms with E-state index in [2.05, 4.69) is 10.3 Å². The Morgan fingerprint density at radius 3 is 2.71 bits per heavy atom. The molecule has 0 spiro atoms. The van der Waals surface area contributed by atoms with Crippen molar-refractivity contribution in [2.24, 2.45) is 7.05 Å². The molecule has 88 valence electrons. The van der Waals surface area contributed by atoms with Crippen LogP contribution in [-0.2, 0) is 11.8 Å². The highest BCUT2D eigenvalue weighted by Crippen LogP contribution is 2.14. The number of carbonyl (C=O) groups is 1. The summed E-state index contributed by atoms with van der Waals surface area (Å²) in [5.41, 5.74) is 0.385. The molecule has 0 aliphatic carbocycles. The van der Waals surface area contributed by atoms with Crippen LogP contribution < -0.4 is 16.4 Å². The molecule has 0 aliphatic heterocycles. The van der Waals surface area contributed by atoms with Gasteiger partial charge in [-0.05, 0) is 18.2 Å². The minimum Gasteiger partial charge on any atom is -0.326 e. The summed E-state index contributed by atoms with van der Waals surface area (Å²) >= 11 is 0. The highest BCUT2D eigenvalue weighted by Gasteiger charge is 2.05. The summed E-state index contributed by atoms with van der Waals surface area (Å²) in [5, 5.41) is 2.60. The van der Waals surface area contributed by atoms with Crippen LogP contribution in [0.15, 0.2) is 27.8 Å². The van der Waals surface area contributed by atoms with Gasteiger partial charge < -0.3 is 14.9 Å². The largest absolute Gasteiger partial charge is 0.326 e. The Labute approximate surface area is 95.9 Å². The van der Waals surface area contributed by atoms with Gasteiger partial charge in [0.05, 0.1) is 11.0 Å². The van der Waals surface area contributed by atoms with Crippen molar-refractivity contribution in [1.29, 1.82) is 0 Å². The van der Waals surface area contributed by atoms with E-state index in [1.165, 1.54) is 18.5 Å². The number of hydrogen-bond acceptors (Lipinski definition) is 3. The lowest BCUT2D eigenvalue weighted by atomic mass is 10.2. The topological polar surface area (TPSA) is 84.0 Å².